The summed E-state index contributed by atoms with van der Waals surface area (Å²) in [4.78, 5) is 0. The van der Waals surface area contributed by atoms with Crippen molar-refractivity contribution in [2.45, 2.75) is 13.0 Å². The van der Waals surface area contributed by atoms with E-state index in [2.05, 4.69) is 15.5 Å². The van der Waals surface area contributed by atoms with Crippen molar-refractivity contribution in [1.29, 1.82) is 0 Å². The molecule has 1 heterocycles. The number of nitrogens with zero attached hydrogens (tertiary/aromatic N) is 2. The summed E-state index contributed by atoms with van der Waals surface area (Å²) in [7, 11) is -2.98. The van der Waals surface area contributed by atoms with Gasteiger partial charge in [-0.1, -0.05) is 0 Å². The Bertz CT molecular complexity index is 621. The monoisotopic (exact) mass is 281 g/mol. The quantitative estimate of drug-likeness (QED) is 0.895. The molecule has 1 unspecified atom stereocenters. The molecule has 0 spiro atoms. The summed E-state index contributed by atoms with van der Waals surface area (Å²) in [6, 6.07) is 7.21. The van der Waals surface area contributed by atoms with E-state index in [0.29, 0.717) is 5.89 Å². The zero-order valence-corrected chi connectivity index (χ0v) is 11.5. The van der Waals surface area contributed by atoms with Crippen molar-refractivity contribution in [1.82, 2.24) is 10.2 Å². The minimum absolute atomic E-state index is 0.0956. The van der Waals surface area contributed by atoms with Crippen LogP contribution in [0.15, 0.2) is 35.1 Å². The van der Waals surface area contributed by atoms with Crippen molar-refractivity contribution < 1.29 is 12.8 Å². The molecule has 0 aliphatic heterocycles. The SMILES string of the molecule is CC(CS(C)(=O)=O)Nc1ccc(-c2nnco2)cc1. The lowest BCUT2D eigenvalue weighted by molar-refractivity contribution is 0.568. The molecule has 0 saturated heterocycles. The Balaban J connectivity index is 2.03. The average Bonchev–Trinajstić information content (AvgIpc) is 2.80. The molecule has 0 bridgehead atoms. The fourth-order valence-electron chi connectivity index (χ4n) is 1.79. The van der Waals surface area contributed by atoms with Crippen LogP contribution in [-0.2, 0) is 9.84 Å². The Kier molecular flexibility index (Phi) is 3.84. The molecule has 19 heavy (non-hydrogen) atoms. The molecule has 6 nitrogen and oxygen atoms in total. The molecule has 0 fully saturated rings. The van der Waals surface area contributed by atoms with Crippen LogP contribution >= 0.6 is 0 Å². The summed E-state index contributed by atoms with van der Waals surface area (Å²) in [6.07, 6.45) is 2.50. The van der Waals surface area contributed by atoms with Gasteiger partial charge in [-0.2, -0.15) is 0 Å². The van der Waals surface area contributed by atoms with E-state index in [1.165, 1.54) is 12.6 Å². The van der Waals surface area contributed by atoms with Crippen LogP contribution < -0.4 is 5.32 Å². The Labute approximate surface area is 111 Å². The van der Waals surface area contributed by atoms with Crippen molar-refractivity contribution in [2.75, 3.05) is 17.3 Å². The van der Waals surface area contributed by atoms with E-state index in [1.807, 2.05) is 31.2 Å². The molecule has 7 heteroatoms. The zero-order valence-electron chi connectivity index (χ0n) is 10.7. The van der Waals surface area contributed by atoms with Gasteiger partial charge >= 0.3 is 0 Å². The van der Waals surface area contributed by atoms with Crippen LogP contribution in [0.2, 0.25) is 0 Å². The molecule has 1 N–H and O–H groups in total. The maximum atomic E-state index is 11.2. The predicted molar refractivity (Wildman–Crippen MR) is 72.5 cm³/mol. The molecule has 0 aliphatic rings. The lowest BCUT2D eigenvalue weighted by Crippen LogP contribution is -2.24. The minimum atomic E-state index is -2.98. The third-order valence-electron chi connectivity index (χ3n) is 2.46. The van der Waals surface area contributed by atoms with Gasteiger partial charge in [-0.05, 0) is 31.2 Å². The second-order valence-corrected chi connectivity index (χ2v) is 6.64. The molecule has 0 aliphatic carbocycles. The van der Waals surface area contributed by atoms with E-state index in [0.717, 1.165) is 11.3 Å². The molecule has 0 saturated carbocycles. The van der Waals surface area contributed by atoms with Crippen molar-refractivity contribution in [2.24, 2.45) is 0 Å². The summed E-state index contributed by atoms with van der Waals surface area (Å²) in [5.41, 5.74) is 1.67. The van der Waals surface area contributed by atoms with E-state index in [-0.39, 0.29) is 11.8 Å². The van der Waals surface area contributed by atoms with Gasteiger partial charge in [0.25, 0.3) is 0 Å². The van der Waals surface area contributed by atoms with Gasteiger partial charge in [-0.25, -0.2) is 8.42 Å². The molecule has 0 amide bonds. The smallest absolute Gasteiger partial charge is 0.247 e. The number of rotatable bonds is 5. The van der Waals surface area contributed by atoms with E-state index in [9.17, 15) is 8.42 Å². The van der Waals surface area contributed by atoms with Crippen molar-refractivity contribution in [3.8, 4) is 11.5 Å². The highest BCUT2D eigenvalue weighted by atomic mass is 32.2. The van der Waals surface area contributed by atoms with Gasteiger partial charge in [-0.15, -0.1) is 10.2 Å². The normalized spacial score (nSPS) is 13.2. The highest BCUT2D eigenvalue weighted by molar-refractivity contribution is 7.90. The molecular weight excluding hydrogens is 266 g/mol. The first-order valence-corrected chi connectivity index (χ1v) is 7.81. The molecule has 2 aromatic rings. The van der Waals surface area contributed by atoms with E-state index < -0.39 is 9.84 Å². The lowest BCUT2D eigenvalue weighted by Gasteiger charge is -2.14. The summed E-state index contributed by atoms with van der Waals surface area (Å²) in [6.45, 7) is 1.83. The van der Waals surface area contributed by atoms with Gasteiger partial charge in [0.05, 0.1) is 5.75 Å². The topological polar surface area (TPSA) is 85.1 Å². The highest BCUT2D eigenvalue weighted by Gasteiger charge is 2.10. The average molecular weight is 281 g/mol. The zero-order chi connectivity index (χ0) is 13.9. The van der Waals surface area contributed by atoms with Crippen molar-refractivity contribution in [3.63, 3.8) is 0 Å². The highest BCUT2D eigenvalue weighted by Crippen LogP contribution is 2.19. The number of anilines is 1. The largest absolute Gasteiger partial charge is 0.423 e. The summed E-state index contributed by atoms with van der Waals surface area (Å²) >= 11 is 0. The number of aromatic nitrogens is 2. The fourth-order valence-corrected chi connectivity index (χ4v) is 2.78. The third-order valence-corrected chi connectivity index (χ3v) is 3.56. The number of hydrogen-bond acceptors (Lipinski definition) is 6. The second kappa shape index (κ2) is 5.40. The van der Waals surface area contributed by atoms with Gasteiger partial charge in [-0.3, -0.25) is 0 Å². The van der Waals surface area contributed by atoms with Crippen LogP contribution in [0.3, 0.4) is 0 Å². The number of nitrogens with one attached hydrogen (secondary N) is 1. The molecule has 1 atom stereocenters. The van der Waals surface area contributed by atoms with Gasteiger partial charge in [0.1, 0.15) is 9.84 Å². The molecule has 1 aromatic carbocycles. The molecule has 0 radical (unpaired) electrons. The summed E-state index contributed by atoms with van der Waals surface area (Å²) in [5, 5.41) is 10.5. The minimum Gasteiger partial charge on any atom is -0.423 e. The van der Waals surface area contributed by atoms with Crippen molar-refractivity contribution in [3.05, 3.63) is 30.7 Å². The van der Waals surface area contributed by atoms with Crippen LogP contribution in [0.5, 0.6) is 0 Å². The summed E-state index contributed by atoms with van der Waals surface area (Å²) in [5.74, 6) is 0.550. The van der Waals surface area contributed by atoms with Crippen LogP contribution in [-0.4, -0.2) is 36.7 Å². The second-order valence-electron chi connectivity index (χ2n) is 4.46. The van der Waals surface area contributed by atoms with Gasteiger partial charge in [0.2, 0.25) is 12.3 Å². The Morgan fingerprint density at radius 3 is 2.53 bits per heavy atom. The van der Waals surface area contributed by atoms with Crippen LogP contribution in [0.4, 0.5) is 5.69 Å². The van der Waals surface area contributed by atoms with Gasteiger partial charge < -0.3 is 9.73 Å². The first-order valence-electron chi connectivity index (χ1n) is 5.75. The first-order chi connectivity index (χ1) is 8.94. The Morgan fingerprint density at radius 1 is 1.32 bits per heavy atom. The maximum absolute atomic E-state index is 11.2. The molecular formula is C12H15N3O3S. The van der Waals surface area contributed by atoms with Crippen LogP contribution in [0, 0.1) is 0 Å². The van der Waals surface area contributed by atoms with E-state index in [4.69, 9.17) is 4.42 Å². The predicted octanol–water partition coefficient (Wildman–Crippen LogP) is 1.58. The third kappa shape index (κ3) is 4.06. The Hall–Kier alpha value is -1.89. The van der Waals surface area contributed by atoms with Crippen LogP contribution in [0.1, 0.15) is 6.92 Å². The molecule has 102 valence electrons. The van der Waals surface area contributed by atoms with Gasteiger partial charge in [0.15, 0.2) is 0 Å². The van der Waals surface area contributed by atoms with Crippen molar-refractivity contribution >= 4 is 15.5 Å². The standard InChI is InChI=1S/C12H15N3O3S/c1-9(7-19(2,16)17)14-11-5-3-10(4-6-11)12-15-13-8-18-12/h3-6,8-9,14H,7H2,1-2H3. The van der Waals surface area contributed by atoms with E-state index >= 15 is 0 Å². The number of sulfone groups is 1. The molecule has 2 rings (SSSR count). The Morgan fingerprint density at radius 2 is 2.00 bits per heavy atom. The van der Waals surface area contributed by atoms with Gasteiger partial charge in [0, 0.05) is 23.5 Å². The maximum Gasteiger partial charge on any atom is 0.247 e. The van der Waals surface area contributed by atoms with Crippen LogP contribution in [0.25, 0.3) is 11.5 Å². The summed E-state index contributed by atoms with van der Waals surface area (Å²) < 4.78 is 27.4. The lowest BCUT2D eigenvalue weighted by atomic mass is 10.2. The number of hydrogen-bond donors (Lipinski definition) is 1. The van der Waals surface area contributed by atoms with E-state index in [1.54, 1.807) is 0 Å². The fraction of sp³-hybridized carbons (Fsp3) is 0.333. The number of benzene rings is 1. The molecule has 1 aromatic heterocycles. The first kappa shape index (κ1) is 13.5.